The first-order valence-electron chi connectivity index (χ1n) is 7.73. The zero-order valence-electron chi connectivity index (χ0n) is 12.5. The van der Waals surface area contributed by atoms with Crippen LogP contribution in [0.3, 0.4) is 0 Å². The summed E-state index contributed by atoms with van der Waals surface area (Å²) in [6.07, 6.45) is 4.03. The van der Waals surface area contributed by atoms with Gasteiger partial charge in [-0.1, -0.05) is 13.8 Å². The van der Waals surface area contributed by atoms with Crippen LogP contribution in [0.4, 0.5) is 0 Å². The summed E-state index contributed by atoms with van der Waals surface area (Å²) >= 11 is 0. The lowest BCUT2D eigenvalue weighted by atomic mass is 9.90. The van der Waals surface area contributed by atoms with Gasteiger partial charge in [-0.2, -0.15) is 0 Å². The smallest absolute Gasteiger partial charge is 0.321 e. The minimum Gasteiger partial charge on any atom is -0.480 e. The van der Waals surface area contributed by atoms with Crippen molar-refractivity contribution in [2.24, 2.45) is 11.8 Å². The van der Waals surface area contributed by atoms with Gasteiger partial charge >= 0.3 is 5.97 Å². The fourth-order valence-corrected chi connectivity index (χ4v) is 3.38. The van der Waals surface area contributed by atoms with Gasteiger partial charge in [0.25, 0.3) is 0 Å². The quantitative estimate of drug-likeness (QED) is 0.850. The van der Waals surface area contributed by atoms with Crippen molar-refractivity contribution < 1.29 is 14.7 Å². The molecule has 2 fully saturated rings. The lowest BCUT2D eigenvalue weighted by Crippen LogP contribution is -2.53. The third-order valence-electron chi connectivity index (χ3n) is 4.76. The summed E-state index contributed by atoms with van der Waals surface area (Å²) in [6, 6.07) is -0.503. The number of piperidine rings is 2. The van der Waals surface area contributed by atoms with Gasteiger partial charge in [0, 0.05) is 13.1 Å². The van der Waals surface area contributed by atoms with Crippen molar-refractivity contribution in [3.05, 3.63) is 0 Å². The first-order chi connectivity index (χ1) is 9.49. The van der Waals surface area contributed by atoms with Crippen LogP contribution in [-0.4, -0.2) is 59.0 Å². The predicted molar refractivity (Wildman–Crippen MR) is 76.4 cm³/mol. The van der Waals surface area contributed by atoms with E-state index in [1.807, 2.05) is 16.7 Å². The molecular weight excluding hydrogens is 256 g/mol. The van der Waals surface area contributed by atoms with Crippen LogP contribution in [0.15, 0.2) is 0 Å². The van der Waals surface area contributed by atoms with Crippen LogP contribution in [0.5, 0.6) is 0 Å². The number of amides is 1. The number of rotatable bonds is 3. The minimum absolute atomic E-state index is 0.0947. The summed E-state index contributed by atoms with van der Waals surface area (Å²) in [4.78, 5) is 27.5. The van der Waals surface area contributed by atoms with Crippen molar-refractivity contribution in [1.29, 1.82) is 0 Å². The molecule has 2 heterocycles. The summed E-state index contributed by atoms with van der Waals surface area (Å²) in [5.41, 5.74) is 0. The molecule has 114 valence electrons. The Balaban J connectivity index is 1.93. The number of carbonyl (C=O) groups excluding carboxylic acids is 1. The Bertz CT molecular complexity index is 364. The molecule has 2 atom stereocenters. The molecule has 0 saturated carbocycles. The number of likely N-dealkylation sites (tertiary alicyclic amines) is 2. The van der Waals surface area contributed by atoms with E-state index in [1.165, 1.54) is 0 Å². The summed E-state index contributed by atoms with van der Waals surface area (Å²) in [5, 5.41) is 9.37. The zero-order valence-corrected chi connectivity index (χ0v) is 12.5. The standard InChI is InChI=1S/C15H26N2O3/c1-11-5-8-16(9-6-11)13(18)10-17-7-3-4-12(2)14(17)15(19)20/h11-12,14H,3-10H2,1-2H3,(H,19,20). The molecule has 0 aromatic carbocycles. The van der Waals surface area contributed by atoms with Crippen LogP contribution in [0.1, 0.15) is 39.5 Å². The Labute approximate surface area is 120 Å². The Kier molecular flexibility index (Phi) is 5.02. The van der Waals surface area contributed by atoms with Crippen molar-refractivity contribution in [3.8, 4) is 0 Å². The fraction of sp³-hybridized carbons (Fsp3) is 0.867. The van der Waals surface area contributed by atoms with E-state index in [9.17, 15) is 14.7 Å². The second-order valence-corrected chi connectivity index (χ2v) is 6.44. The highest BCUT2D eigenvalue weighted by Crippen LogP contribution is 2.24. The number of carboxylic acids is 1. The maximum Gasteiger partial charge on any atom is 0.321 e. The highest BCUT2D eigenvalue weighted by Gasteiger charge is 2.36. The van der Waals surface area contributed by atoms with E-state index >= 15 is 0 Å². The third kappa shape index (κ3) is 3.51. The van der Waals surface area contributed by atoms with Crippen LogP contribution < -0.4 is 0 Å². The van der Waals surface area contributed by atoms with E-state index in [-0.39, 0.29) is 18.4 Å². The maximum absolute atomic E-state index is 12.3. The molecule has 2 saturated heterocycles. The lowest BCUT2D eigenvalue weighted by Gasteiger charge is -2.38. The van der Waals surface area contributed by atoms with Crippen molar-refractivity contribution >= 4 is 11.9 Å². The van der Waals surface area contributed by atoms with Crippen molar-refractivity contribution in [3.63, 3.8) is 0 Å². The monoisotopic (exact) mass is 282 g/mol. The normalized spacial score (nSPS) is 29.4. The second kappa shape index (κ2) is 6.57. The molecule has 1 amide bonds. The fourth-order valence-electron chi connectivity index (χ4n) is 3.38. The average Bonchev–Trinajstić information content (AvgIpc) is 2.39. The van der Waals surface area contributed by atoms with Gasteiger partial charge in [-0.15, -0.1) is 0 Å². The highest BCUT2D eigenvalue weighted by atomic mass is 16.4. The third-order valence-corrected chi connectivity index (χ3v) is 4.76. The summed E-state index contributed by atoms with van der Waals surface area (Å²) < 4.78 is 0. The molecule has 0 radical (unpaired) electrons. The lowest BCUT2D eigenvalue weighted by molar-refractivity contribution is -0.148. The molecule has 2 rings (SSSR count). The second-order valence-electron chi connectivity index (χ2n) is 6.44. The first kappa shape index (κ1) is 15.3. The van der Waals surface area contributed by atoms with Crippen molar-refractivity contribution in [2.75, 3.05) is 26.2 Å². The van der Waals surface area contributed by atoms with E-state index in [4.69, 9.17) is 0 Å². The van der Waals surface area contributed by atoms with Gasteiger partial charge in [0.05, 0.1) is 6.54 Å². The largest absolute Gasteiger partial charge is 0.480 e. The molecule has 0 aliphatic carbocycles. The van der Waals surface area contributed by atoms with Crippen LogP contribution in [0.25, 0.3) is 0 Å². The van der Waals surface area contributed by atoms with E-state index in [0.717, 1.165) is 45.3 Å². The number of nitrogens with zero attached hydrogens (tertiary/aromatic N) is 2. The number of carbonyl (C=O) groups is 2. The average molecular weight is 282 g/mol. The van der Waals surface area contributed by atoms with E-state index in [2.05, 4.69) is 6.92 Å². The molecular formula is C15H26N2O3. The Hall–Kier alpha value is -1.10. The first-order valence-corrected chi connectivity index (χ1v) is 7.73. The van der Waals surface area contributed by atoms with Gasteiger partial charge in [0.15, 0.2) is 0 Å². The van der Waals surface area contributed by atoms with E-state index in [0.29, 0.717) is 5.92 Å². The molecule has 2 unspecified atom stereocenters. The molecule has 0 spiro atoms. The maximum atomic E-state index is 12.3. The molecule has 2 aliphatic rings. The van der Waals surface area contributed by atoms with Gasteiger partial charge in [0.1, 0.15) is 6.04 Å². The Morgan fingerprint density at radius 3 is 2.35 bits per heavy atom. The molecule has 0 bridgehead atoms. The van der Waals surface area contributed by atoms with Crippen LogP contribution in [-0.2, 0) is 9.59 Å². The van der Waals surface area contributed by atoms with E-state index in [1.54, 1.807) is 0 Å². The number of aliphatic carboxylic acids is 1. The molecule has 20 heavy (non-hydrogen) atoms. The zero-order chi connectivity index (χ0) is 14.7. The number of carboxylic acid groups (broad SMARTS) is 1. The van der Waals surface area contributed by atoms with Gasteiger partial charge in [-0.25, -0.2) is 0 Å². The van der Waals surface area contributed by atoms with Gasteiger partial charge in [-0.3, -0.25) is 14.5 Å². The summed E-state index contributed by atoms with van der Waals surface area (Å²) in [6.45, 7) is 6.81. The highest BCUT2D eigenvalue weighted by molar-refractivity contribution is 5.80. The molecule has 5 heteroatoms. The summed E-state index contributed by atoms with van der Waals surface area (Å²) in [7, 11) is 0. The SMILES string of the molecule is CC1CCN(C(=O)CN2CCCC(C)C2C(=O)O)CC1. The van der Waals surface area contributed by atoms with Crippen molar-refractivity contribution in [1.82, 2.24) is 9.80 Å². The van der Waals surface area contributed by atoms with Crippen LogP contribution in [0.2, 0.25) is 0 Å². The molecule has 0 aromatic heterocycles. The van der Waals surface area contributed by atoms with Crippen LogP contribution in [0, 0.1) is 11.8 Å². The molecule has 2 aliphatic heterocycles. The topological polar surface area (TPSA) is 60.9 Å². The van der Waals surface area contributed by atoms with Gasteiger partial charge in [-0.05, 0) is 44.1 Å². The molecule has 0 aromatic rings. The molecule has 5 nitrogen and oxygen atoms in total. The predicted octanol–water partition coefficient (Wildman–Crippen LogP) is 1.43. The van der Waals surface area contributed by atoms with E-state index < -0.39 is 12.0 Å². The Morgan fingerprint density at radius 2 is 1.75 bits per heavy atom. The van der Waals surface area contributed by atoms with Crippen LogP contribution >= 0.6 is 0 Å². The van der Waals surface area contributed by atoms with Crippen molar-refractivity contribution in [2.45, 2.75) is 45.6 Å². The minimum atomic E-state index is -0.794. The van der Waals surface area contributed by atoms with Gasteiger partial charge in [0.2, 0.25) is 5.91 Å². The summed E-state index contributed by atoms with van der Waals surface area (Å²) in [5.74, 6) is 0.116. The number of hydrogen-bond donors (Lipinski definition) is 1. The van der Waals surface area contributed by atoms with Gasteiger partial charge < -0.3 is 10.0 Å². The Morgan fingerprint density at radius 1 is 1.10 bits per heavy atom. The number of hydrogen-bond acceptors (Lipinski definition) is 3. The molecule has 1 N–H and O–H groups in total.